The van der Waals surface area contributed by atoms with Crippen LogP contribution in [0.25, 0.3) is 0 Å². The molecule has 0 spiro atoms. The van der Waals surface area contributed by atoms with Gasteiger partial charge in [-0.05, 0) is 31.2 Å². The Bertz CT molecular complexity index is 463. The van der Waals surface area contributed by atoms with Gasteiger partial charge < -0.3 is 20.5 Å². The van der Waals surface area contributed by atoms with Crippen LogP contribution in [0.15, 0.2) is 0 Å². The quantitative estimate of drug-likeness (QED) is 0.663. The van der Waals surface area contributed by atoms with Gasteiger partial charge >= 0.3 is 0 Å². The van der Waals surface area contributed by atoms with E-state index >= 15 is 0 Å². The number of rotatable bonds is 8. The van der Waals surface area contributed by atoms with Crippen LogP contribution in [0, 0.1) is 22.7 Å². The second-order valence-corrected chi connectivity index (χ2v) is 7.51. The molecule has 5 nitrogen and oxygen atoms in total. The largest absolute Gasteiger partial charge is 0.368 e. The van der Waals surface area contributed by atoms with E-state index in [-0.39, 0.29) is 30.1 Å². The topological polar surface area (TPSA) is 73.6 Å². The van der Waals surface area contributed by atoms with Gasteiger partial charge in [0.2, 0.25) is 11.8 Å². The van der Waals surface area contributed by atoms with Crippen LogP contribution in [-0.4, -0.2) is 44.9 Å². The molecule has 2 fully saturated rings. The molecule has 23 heavy (non-hydrogen) atoms. The smallest absolute Gasteiger partial charge is 0.245 e. The van der Waals surface area contributed by atoms with Crippen molar-refractivity contribution >= 4 is 5.91 Å². The molecule has 0 radical (unpaired) electrons. The van der Waals surface area contributed by atoms with E-state index in [0.717, 1.165) is 6.92 Å². The molecular weight excluding hydrogens is 306 g/mol. The van der Waals surface area contributed by atoms with Crippen molar-refractivity contribution in [3.05, 3.63) is 0 Å². The van der Waals surface area contributed by atoms with Gasteiger partial charge in [-0.2, -0.15) is 0 Å². The fourth-order valence-electron chi connectivity index (χ4n) is 5.06. The van der Waals surface area contributed by atoms with E-state index in [0.29, 0.717) is 6.54 Å². The first kappa shape index (κ1) is 18.5. The lowest BCUT2D eigenvalue weighted by atomic mass is 9.73. The summed E-state index contributed by atoms with van der Waals surface area (Å²) >= 11 is 0. The molecule has 7 heteroatoms. The van der Waals surface area contributed by atoms with Crippen LogP contribution in [0.2, 0.25) is 0 Å². The molecule has 1 heterocycles. The van der Waals surface area contributed by atoms with Crippen molar-refractivity contribution in [3.63, 3.8) is 0 Å². The highest BCUT2D eigenvalue weighted by Crippen LogP contribution is 2.77. The molecular formula is C16H28F2N2O3. The molecule has 0 aromatic rings. The molecule has 0 aromatic heterocycles. The zero-order valence-corrected chi connectivity index (χ0v) is 14.5. The minimum Gasteiger partial charge on any atom is -0.368 e. The minimum atomic E-state index is -2.77. The van der Waals surface area contributed by atoms with E-state index < -0.39 is 29.6 Å². The van der Waals surface area contributed by atoms with Gasteiger partial charge in [0, 0.05) is 32.0 Å². The summed E-state index contributed by atoms with van der Waals surface area (Å²) in [5, 5.41) is 3.16. The summed E-state index contributed by atoms with van der Waals surface area (Å²) in [5.74, 6) is -3.37. The standard InChI is InChI=1S/C16H28F2N2O3/c1-14(2)10-8-20-11(12(19)21)16(10,14)9(13(22-4)23-5)6-7-15(3,17)18/h9-11,13,20H,6-8H2,1-5H3,(H2,19,21)/t9-,10?,11?,16?/m1/s1. The monoisotopic (exact) mass is 334 g/mol. The molecule has 2 aliphatic rings. The summed E-state index contributed by atoms with van der Waals surface area (Å²) in [7, 11) is 2.99. The first-order chi connectivity index (χ1) is 10.5. The Balaban J connectivity index is 2.38. The van der Waals surface area contributed by atoms with Crippen LogP contribution in [0.4, 0.5) is 8.78 Å². The lowest BCUT2D eigenvalue weighted by molar-refractivity contribution is -0.167. The van der Waals surface area contributed by atoms with Crippen LogP contribution < -0.4 is 11.1 Å². The second kappa shape index (κ2) is 5.93. The fraction of sp³-hybridized carbons (Fsp3) is 0.938. The average molecular weight is 334 g/mol. The first-order valence-corrected chi connectivity index (χ1v) is 8.00. The molecule has 1 saturated heterocycles. The third kappa shape index (κ3) is 2.76. The molecule has 1 saturated carbocycles. The zero-order valence-electron chi connectivity index (χ0n) is 14.5. The lowest BCUT2D eigenvalue weighted by Crippen LogP contribution is -2.52. The number of halogens is 2. The van der Waals surface area contributed by atoms with Crippen molar-refractivity contribution in [3.8, 4) is 0 Å². The maximum atomic E-state index is 13.4. The highest BCUT2D eigenvalue weighted by Gasteiger charge is 2.81. The van der Waals surface area contributed by atoms with Crippen molar-refractivity contribution < 1.29 is 23.0 Å². The van der Waals surface area contributed by atoms with Gasteiger partial charge in [0.05, 0.1) is 6.04 Å². The van der Waals surface area contributed by atoms with E-state index in [1.165, 1.54) is 14.2 Å². The van der Waals surface area contributed by atoms with Gasteiger partial charge in [0.1, 0.15) is 0 Å². The Kier molecular flexibility index (Phi) is 4.78. The third-order valence-corrected chi connectivity index (χ3v) is 6.07. The second-order valence-electron chi connectivity index (χ2n) is 7.51. The van der Waals surface area contributed by atoms with E-state index in [9.17, 15) is 13.6 Å². The summed E-state index contributed by atoms with van der Waals surface area (Å²) in [6.07, 6.45) is -0.721. The third-order valence-electron chi connectivity index (χ3n) is 6.07. The summed E-state index contributed by atoms with van der Waals surface area (Å²) in [6, 6.07) is -0.550. The van der Waals surface area contributed by atoms with Crippen LogP contribution in [0.1, 0.15) is 33.6 Å². The molecule has 3 N–H and O–H groups in total. The first-order valence-electron chi connectivity index (χ1n) is 8.00. The van der Waals surface area contributed by atoms with Gasteiger partial charge in [-0.3, -0.25) is 4.79 Å². The molecule has 1 aliphatic heterocycles. The Labute approximate surface area is 136 Å². The van der Waals surface area contributed by atoms with Crippen molar-refractivity contribution in [1.82, 2.24) is 5.32 Å². The van der Waals surface area contributed by atoms with Crippen molar-refractivity contribution in [2.45, 2.75) is 51.9 Å². The average Bonchev–Trinajstić information content (AvgIpc) is 2.76. The summed E-state index contributed by atoms with van der Waals surface area (Å²) < 4.78 is 37.7. The number of carbonyl (C=O) groups is 1. The highest BCUT2D eigenvalue weighted by atomic mass is 19.3. The SMILES string of the molecule is COC(OC)[C@@H](CCC(C)(F)F)C12C(C(N)=O)NCC1C2(C)C. The molecule has 1 aliphatic carbocycles. The lowest BCUT2D eigenvalue weighted by Gasteiger charge is -2.38. The van der Waals surface area contributed by atoms with E-state index in [1.54, 1.807) is 0 Å². The number of alkyl halides is 2. The number of hydrogen-bond acceptors (Lipinski definition) is 4. The molecule has 3 unspecified atom stereocenters. The number of piperidine rings is 1. The summed E-state index contributed by atoms with van der Waals surface area (Å²) in [5.41, 5.74) is 4.90. The Hall–Kier alpha value is -0.790. The Morgan fingerprint density at radius 1 is 1.39 bits per heavy atom. The van der Waals surface area contributed by atoms with Crippen LogP contribution in [0.5, 0.6) is 0 Å². The maximum absolute atomic E-state index is 13.4. The van der Waals surface area contributed by atoms with Crippen molar-refractivity contribution in [1.29, 1.82) is 0 Å². The van der Waals surface area contributed by atoms with Crippen LogP contribution in [-0.2, 0) is 14.3 Å². The number of amides is 1. The minimum absolute atomic E-state index is 0.180. The number of hydrogen-bond donors (Lipinski definition) is 2. The van der Waals surface area contributed by atoms with E-state index in [4.69, 9.17) is 15.2 Å². The maximum Gasteiger partial charge on any atom is 0.245 e. The van der Waals surface area contributed by atoms with Crippen LogP contribution in [0.3, 0.4) is 0 Å². The molecule has 0 aromatic carbocycles. The molecule has 1 amide bonds. The van der Waals surface area contributed by atoms with Crippen molar-refractivity contribution in [2.24, 2.45) is 28.4 Å². The number of carbonyl (C=O) groups excluding carboxylic acids is 1. The molecule has 134 valence electrons. The number of fused-ring (bicyclic) bond motifs is 1. The summed E-state index contributed by atoms with van der Waals surface area (Å²) in [6.45, 7) is 5.69. The summed E-state index contributed by atoms with van der Waals surface area (Å²) in [4.78, 5) is 12.0. The van der Waals surface area contributed by atoms with Gasteiger partial charge in [-0.15, -0.1) is 0 Å². The predicted octanol–water partition coefficient (Wildman–Crippen LogP) is 1.76. The Morgan fingerprint density at radius 2 is 1.96 bits per heavy atom. The number of nitrogens with two attached hydrogens (primary N) is 1. The van der Waals surface area contributed by atoms with Gasteiger partial charge in [0.15, 0.2) is 6.29 Å². The van der Waals surface area contributed by atoms with Gasteiger partial charge in [0.25, 0.3) is 0 Å². The molecule has 2 rings (SSSR count). The Morgan fingerprint density at radius 3 is 2.35 bits per heavy atom. The highest BCUT2D eigenvalue weighted by molar-refractivity contribution is 5.83. The number of ether oxygens (including phenoxy) is 2. The normalized spacial score (nSPS) is 33.6. The fourth-order valence-corrected chi connectivity index (χ4v) is 5.06. The number of primary amides is 1. The van der Waals surface area contributed by atoms with Crippen LogP contribution >= 0.6 is 0 Å². The van der Waals surface area contributed by atoms with Gasteiger partial charge in [-0.25, -0.2) is 8.78 Å². The number of methoxy groups -OCH3 is 2. The van der Waals surface area contributed by atoms with E-state index in [2.05, 4.69) is 19.2 Å². The van der Waals surface area contributed by atoms with Gasteiger partial charge in [-0.1, -0.05) is 13.8 Å². The van der Waals surface area contributed by atoms with Crippen molar-refractivity contribution in [2.75, 3.05) is 20.8 Å². The predicted molar refractivity (Wildman–Crippen MR) is 81.8 cm³/mol. The number of nitrogens with one attached hydrogen (secondary N) is 1. The zero-order chi connectivity index (χ0) is 17.6. The molecule has 0 bridgehead atoms. The molecule has 4 atom stereocenters. The van der Waals surface area contributed by atoms with E-state index in [1.807, 2.05) is 0 Å².